The molecule has 0 saturated carbocycles. The Kier molecular flexibility index (Phi) is 3.77. The maximum atomic E-state index is 11.2. The van der Waals surface area contributed by atoms with Gasteiger partial charge in [0.05, 0.1) is 12.7 Å². The molecule has 1 rings (SSSR count). The number of esters is 1. The molecule has 1 aromatic carbocycles. The van der Waals surface area contributed by atoms with E-state index in [4.69, 9.17) is 4.74 Å². The van der Waals surface area contributed by atoms with Gasteiger partial charge in [0.25, 0.3) is 0 Å². The lowest BCUT2D eigenvalue weighted by Crippen LogP contribution is -2.02. The zero-order valence-electron chi connectivity index (χ0n) is 8.77. The third-order valence-electron chi connectivity index (χ3n) is 1.83. The molecule has 0 aliphatic rings. The molecule has 0 aliphatic carbocycles. The number of benzene rings is 1. The van der Waals surface area contributed by atoms with E-state index in [9.17, 15) is 15.0 Å². The Balaban J connectivity index is 3.11. The highest BCUT2D eigenvalue weighted by molar-refractivity contribution is 5.91. The Morgan fingerprint density at radius 3 is 2.75 bits per heavy atom. The van der Waals surface area contributed by atoms with Gasteiger partial charge in [-0.2, -0.15) is 0 Å². The highest BCUT2D eigenvalue weighted by Crippen LogP contribution is 2.36. The summed E-state index contributed by atoms with van der Waals surface area (Å²) in [4.78, 5) is 11.2. The first-order chi connectivity index (χ1) is 7.60. The van der Waals surface area contributed by atoms with Gasteiger partial charge in [-0.1, -0.05) is 12.7 Å². The second-order valence-corrected chi connectivity index (χ2v) is 2.93. The summed E-state index contributed by atoms with van der Waals surface area (Å²) >= 11 is 0. The topological polar surface area (TPSA) is 76.0 Å². The van der Waals surface area contributed by atoms with Gasteiger partial charge in [-0.15, -0.1) is 0 Å². The van der Waals surface area contributed by atoms with Crippen molar-refractivity contribution >= 4 is 5.97 Å². The predicted octanol–water partition coefficient (Wildman–Crippen LogP) is 1.45. The number of hydrogen-bond donors (Lipinski definition) is 2. The first-order valence-electron chi connectivity index (χ1n) is 4.48. The smallest absolute Gasteiger partial charge is 0.338 e. The molecule has 2 N–H and O–H groups in total. The quantitative estimate of drug-likeness (QED) is 0.460. The predicted molar refractivity (Wildman–Crippen MR) is 56.8 cm³/mol. The fourth-order valence-electron chi connectivity index (χ4n) is 1.09. The van der Waals surface area contributed by atoms with Crippen LogP contribution in [-0.4, -0.2) is 29.9 Å². The van der Waals surface area contributed by atoms with Crippen LogP contribution in [0.4, 0.5) is 0 Å². The van der Waals surface area contributed by atoms with Crippen molar-refractivity contribution in [2.45, 2.75) is 0 Å². The van der Waals surface area contributed by atoms with Crippen LogP contribution in [-0.2, 0) is 4.74 Å². The number of carbonyl (C=O) groups excluding carboxylic acids is 1. The van der Waals surface area contributed by atoms with Crippen molar-refractivity contribution < 1.29 is 24.5 Å². The molecule has 0 aliphatic heterocycles. The maximum absolute atomic E-state index is 11.2. The minimum Gasteiger partial charge on any atom is -0.504 e. The highest BCUT2D eigenvalue weighted by Gasteiger charge is 2.14. The fourth-order valence-corrected chi connectivity index (χ4v) is 1.09. The Morgan fingerprint density at radius 1 is 1.50 bits per heavy atom. The Morgan fingerprint density at radius 2 is 2.19 bits per heavy atom. The van der Waals surface area contributed by atoms with Crippen LogP contribution >= 0.6 is 0 Å². The summed E-state index contributed by atoms with van der Waals surface area (Å²) < 4.78 is 9.55. The fraction of sp³-hybridized carbons (Fsp3) is 0.182. The first kappa shape index (κ1) is 11.9. The molecule has 0 spiro atoms. The van der Waals surface area contributed by atoms with Crippen molar-refractivity contribution in [3.8, 4) is 17.2 Å². The molecule has 0 atom stereocenters. The molecule has 0 fully saturated rings. The van der Waals surface area contributed by atoms with Gasteiger partial charge < -0.3 is 19.7 Å². The van der Waals surface area contributed by atoms with Crippen LogP contribution < -0.4 is 4.74 Å². The highest BCUT2D eigenvalue weighted by atomic mass is 16.5. The van der Waals surface area contributed by atoms with Gasteiger partial charge in [-0.25, -0.2) is 4.79 Å². The third kappa shape index (κ3) is 2.44. The van der Waals surface area contributed by atoms with Crippen LogP contribution in [0.25, 0.3) is 0 Å². The third-order valence-corrected chi connectivity index (χ3v) is 1.83. The molecular weight excluding hydrogens is 212 g/mol. The number of phenols is 2. The molecule has 0 heterocycles. The molecule has 0 radical (unpaired) electrons. The van der Waals surface area contributed by atoms with Crippen molar-refractivity contribution in [2.75, 3.05) is 13.7 Å². The van der Waals surface area contributed by atoms with E-state index in [1.807, 2.05) is 0 Å². The maximum Gasteiger partial charge on any atom is 0.338 e. The van der Waals surface area contributed by atoms with E-state index in [2.05, 4.69) is 11.3 Å². The summed E-state index contributed by atoms with van der Waals surface area (Å²) in [6.07, 6.45) is 1.47. The van der Waals surface area contributed by atoms with E-state index in [0.717, 1.165) is 6.07 Å². The van der Waals surface area contributed by atoms with Crippen molar-refractivity contribution in [1.29, 1.82) is 0 Å². The van der Waals surface area contributed by atoms with E-state index < -0.39 is 17.5 Å². The summed E-state index contributed by atoms with van der Waals surface area (Å²) in [7, 11) is 1.22. The molecular formula is C11H12O5. The number of methoxy groups -OCH3 is 1. The summed E-state index contributed by atoms with van der Waals surface area (Å²) in [6, 6.07) is 2.38. The van der Waals surface area contributed by atoms with Gasteiger partial charge in [0, 0.05) is 0 Å². The average molecular weight is 224 g/mol. The molecule has 0 aromatic heterocycles. The molecule has 5 heteroatoms. The summed E-state index contributed by atoms with van der Waals surface area (Å²) in [6.45, 7) is 3.59. The van der Waals surface area contributed by atoms with E-state index in [0.29, 0.717) is 0 Å². The van der Waals surface area contributed by atoms with E-state index in [1.165, 1.54) is 19.3 Å². The number of rotatable bonds is 4. The lowest BCUT2D eigenvalue weighted by Gasteiger charge is -2.09. The van der Waals surface area contributed by atoms with Crippen molar-refractivity contribution in [1.82, 2.24) is 0 Å². The zero-order chi connectivity index (χ0) is 12.1. The molecule has 0 amide bonds. The number of carbonyl (C=O) groups is 1. The minimum absolute atomic E-state index is 0.000278. The largest absolute Gasteiger partial charge is 0.504 e. The molecule has 0 unspecified atom stereocenters. The van der Waals surface area contributed by atoms with Gasteiger partial charge in [-0.05, 0) is 12.1 Å². The van der Waals surface area contributed by atoms with Crippen LogP contribution in [0.5, 0.6) is 17.2 Å². The van der Waals surface area contributed by atoms with E-state index in [-0.39, 0.29) is 17.9 Å². The van der Waals surface area contributed by atoms with Crippen LogP contribution in [0.2, 0.25) is 0 Å². The number of aromatic hydroxyl groups is 2. The number of phenolic OH excluding ortho intramolecular Hbond substituents is 2. The van der Waals surface area contributed by atoms with Gasteiger partial charge >= 0.3 is 5.97 Å². The monoisotopic (exact) mass is 224 g/mol. The van der Waals surface area contributed by atoms with Crippen molar-refractivity contribution in [3.05, 3.63) is 30.4 Å². The lowest BCUT2D eigenvalue weighted by molar-refractivity contribution is 0.0599. The second kappa shape index (κ2) is 5.06. The van der Waals surface area contributed by atoms with Crippen molar-refractivity contribution in [2.24, 2.45) is 0 Å². The Labute approximate surface area is 92.5 Å². The van der Waals surface area contributed by atoms with Gasteiger partial charge in [0.15, 0.2) is 11.5 Å². The number of hydrogen-bond acceptors (Lipinski definition) is 5. The summed E-state index contributed by atoms with van der Waals surface area (Å²) in [5.74, 6) is -1.49. The minimum atomic E-state index is -0.626. The van der Waals surface area contributed by atoms with Crippen LogP contribution in [0.15, 0.2) is 24.8 Å². The molecule has 0 saturated heterocycles. The lowest BCUT2D eigenvalue weighted by atomic mass is 10.2. The van der Waals surface area contributed by atoms with E-state index in [1.54, 1.807) is 0 Å². The van der Waals surface area contributed by atoms with Gasteiger partial charge in [0.2, 0.25) is 5.75 Å². The summed E-state index contributed by atoms with van der Waals surface area (Å²) in [5, 5.41) is 18.8. The normalized spacial score (nSPS) is 9.56. The molecule has 0 bridgehead atoms. The average Bonchev–Trinajstić information content (AvgIpc) is 2.29. The SMILES string of the molecule is C=CCOc1cc(C(=O)OC)cc(O)c1O. The molecule has 1 aromatic rings. The summed E-state index contributed by atoms with van der Waals surface area (Å²) in [5.41, 5.74) is 0.0943. The van der Waals surface area contributed by atoms with E-state index >= 15 is 0 Å². The Bertz CT molecular complexity index is 411. The standard InChI is InChI=1S/C11H12O5/c1-3-4-16-9-6-7(11(14)15-2)5-8(12)10(9)13/h3,5-6,12-13H,1,4H2,2H3. The Hall–Kier alpha value is -2.17. The first-order valence-corrected chi connectivity index (χ1v) is 4.48. The van der Waals surface area contributed by atoms with Crippen molar-refractivity contribution in [3.63, 3.8) is 0 Å². The van der Waals surface area contributed by atoms with Crippen LogP contribution in [0.1, 0.15) is 10.4 Å². The molecule has 16 heavy (non-hydrogen) atoms. The second-order valence-electron chi connectivity index (χ2n) is 2.93. The molecule has 5 nitrogen and oxygen atoms in total. The van der Waals surface area contributed by atoms with Gasteiger partial charge in [0.1, 0.15) is 6.61 Å². The zero-order valence-corrected chi connectivity index (χ0v) is 8.77. The van der Waals surface area contributed by atoms with Crippen LogP contribution in [0.3, 0.4) is 0 Å². The van der Waals surface area contributed by atoms with Gasteiger partial charge in [-0.3, -0.25) is 0 Å². The van der Waals surface area contributed by atoms with Crippen LogP contribution in [0, 0.1) is 0 Å². The number of ether oxygens (including phenoxy) is 2. The molecule has 86 valence electrons.